The van der Waals surface area contributed by atoms with Crippen LogP contribution in [0.5, 0.6) is 0 Å². The number of hydrogen-bond acceptors (Lipinski definition) is 3. The van der Waals surface area contributed by atoms with Crippen molar-refractivity contribution < 1.29 is 4.79 Å². The van der Waals surface area contributed by atoms with E-state index in [9.17, 15) is 4.79 Å². The van der Waals surface area contributed by atoms with Crippen molar-refractivity contribution in [1.82, 2.24) is 5.32 Å². The standard InChI is InChI=1S/C11H10Br2N2OS/c1-2-3-15-11(16)7(6-14)4-8-5-9(12)10(13)17-8/h4-5H,2-3H2,1H3,(H,15,16). The number of carbonyl (C=O) groups is 1. The molecule has 0 aromatic carbocycles. The lowest BCUT2D eigenvalue weighted by atomic mass is 10.2. The van der Waals surface area contributed by atoms with Crippen molar-refractivity contribution in [2.24, 2.45) is 0 Å². The third-order valence-corrected chi connectivity index (χ3v) is 5.05. The summed E-state index contributed by atoms with van der Waals surface area (Å²) in [5.41, 5.74) is 0.125. The van der Waals surface area contributed by atoms with Crippen LogP contribution in [0.15, 0.2) is 19.9 Å². The normalized spacial score (nSPS) is 11.1. The molecule has 0 aliphatic heterocycles. The van der Waals surface area contributed by atoms with Crippen LogP contribution in [0.4, 0.5) is 0 Å². The van der Waals surface area contributed by atoms with Gasteiger partial charge in [-0.05, 0) is 50.4 Å². The number of halogens is 2. The fourth-order valence-corrected chi connectivity index (χ4v) is 3.09. The molecule has 1 heterocycles. The van der Waals surface area contributed by atoms with E-state index >= 15 is 0 Å². The minimum atomic E-state index is -0.324. The molecule has 90 valence electrons. The zero-order valence-electron chi connectivity index (χ0n) is 9.09. The summed E-state index contributed by atoms with van der Waals surface area (Å²) in [4.78, 5) is 12.5. The van der Waals surface area contributed by atoms with E-state index in [1.807, 2.05) is 19.1 Å². The van der Waals surface area contributed by atoms with Crippen molar-refractivity contribution in [2.75, 3.05) is 6.54 Å². The molecule has 1 aromatic heterocycles. The summed E-state index contributed by atoms with van der Waals surface area (Å²) in [7, 11) is 0. The summed E-state index contributed by atoms with van der Waals surface area (Å²) in [5.74, 6) is -0.324. The molecule has 1 aromatic rings. The van der Waals surface area contributed by atoms with Crippen molar-refractivity contribution in [3.8, 4) is 6.07 Å². The molecule has 1 amide bonds. The topological polar surface area (TPSA) is 52.9 Å². The van der Waals surface area contributed by atoms with Crippen LogP contribution < -0.4 is 5.32 Å². The molecule has 17 heavy (non-hydrogen) atoms. The Morgan fingerprint density at radius 2 is 2.35 bits per heavy atom. The number of amides is 1. The predicted molar refractivity (Wildman–Crippen MR) is 76.6 cm³/mol. The molecule has 0 atom stereocenters. The van der Waals surface area contributed by atoms with E-state index in [-0.39, 0.29) is 11.5 Å². The molecular weight excluding hydrogens is 368 g/mol. The molecule has 0 aliphatic carbocycles. The van der Waals surface area contributed by atoms with Gasteiger partial charge in [0.15, 0.2) is 0 Å². The minimum absolute atomic E-state index is 0.125. The average molecular weight is 378 g/mol. The minimum Gasteiger partial charge on any atom is -0.351 e. The van der Waals surface area contributed by atoms with Gasteiger partial charge in [0.05, 0.1) is 3.79 Å². The van der Waals surface area contributed by atoms with E-state index in [4.69, 9.17) is 5.26 Å². The molecule has 1 N–H and O–H groups in total. The van der Waals surface area contributed by atoms with Gasteiger partial charge in [-0.25, -0.2) is 0 Å². The zero-order valence-corrected chi connectivity index (χ0v) is 13.1. The number of carbonyl (C=O) groups excluding carboxylic acids is 1. The van der Waals surface area contributed by atoms with Gasteiger partial charge in [-0.1, -0.05) is 6.92 Å². The van der Waals surface area contributed by atoms with Crippen molar-refractivity contribution in [2.45, 2.75) is 13.3 Å². The molecule has 0 spiro atoms. The van der Waals surface area contributed by atoms with Crippen molar-refractivity contribution >= 4 is 55.2 Å². The lowest BCUT2D eigenvalue weighted by molar-refractivity contribution is -0.117. The molecule has 6 heteroatoms. The largest absolute Gasteiger partial charge is 0.351 e. The van der Waals surface area contributed by atoms with Crippen molar-refractivity contribution in [3.05, 3.63) is 24.8 Å². The van der Waals surface area contributed by atoms with Crippen LogP contribution in [0.3, 0.4) is 0 Å². The number of thiophene rings is 1. The second kappa shape index (κ2) is 6.94. The van der Waals surface area contributed by atoms with Gasteiger partial charge in [0.2, 0.25) is 0 Å². The second-order valence-corrected chi connectivity index (χ2v) is 6.45. The first-order valence-corrected chi connectivity index (χ1v) is 7.33. The summed E-state index contributed by atoms with van der Waals surface area (Å²) >= 11 is 8.19. The highest BCUT2D eigenvalue weighted by Gasteiger charge is 2.09. The smallest absolute Gasteiger partial charge is 0.261 e. The maximum atomic E-state index is 11.6. The van der Waals surface area contributed by atoms with E-state index in [2.05, 4.69) is 37.2 Å². The Bertz CT molecular complexity index is 469. The SMILES string of the molecule is CCCNC(=O)C(C#N)=Cc1cc(Br)c(Br)s1. The van der Waals surface area contributed by atoms with Crippen molar-refractivity contribution in [1.29, 1.82) is 5.26 Å². The lowest BCUT2D eigenvalue weighted by Gasteiger charge is -2.00. The van der Waals surface area contributed by atoms with Crippen LogP contribution in [0, 0.1) is 11.3 Å². The summed E-state index contributed by atoms with van der Waals surface area (Å²) < 4.78 is 1.86. The molecule has 0 saturated heterocycles. The predicted octanol–water partition coefficient (Wildman–Crippen LogP) is 3.71. The first kappa shape index (κ1) is 14.4. The number of nitrogens with one attached hydrogen (secondary N) is 1. The third kappa shape index (κ3) is 4.26. The number of nitrogens with zero attached hydrogens (tertiary/aromatic N) is 1. The maximum absolute atomic E-state index is 11.6. The van der Waals surface area contributed by atoms with Gasteiger partial charge in [0.1, 0.15) is 11.6 Å². The molecule has 0 radical (unpaired) electrons. The Morgan fingerprint density at radius 3 is 2.82 bits per heavy atom. The summed E-state index contributed by atoms with van der Waals surface area (Å²) in [6, 6.07) is 3.77. The molecule has 3 nitrogen and oxygen atoms in total. The fraction of sp³-hybridized carbons (Fsp3) is 0.273. The maximum Gasteiger partial charge on any atom is 0.261 e. The number of nitriles is 1. The molecule has 0 unspecified atom stereocenters. The van der Waals surface area contributed by atoms with E-state index in [1.54, 1.807) is 6.08 Å². The van der Waals surface area contributed by atoms with Crippen LogP contribution in [0.2, 0.25) is 0 Å². The molecule has 0 saturated carbocycles. The number of hydrogen-bond donors (Lipinski definition) is 1. The van der Waals surface area contributed by atoms with Gasteiger partial charge < -0.3 is 5.32 Å². The first-order chi connectivity index (χ1) is 8.08. The highest BCUT2D eigenvalue weighted by molar-refractivity contribution is 9.13. The lowest BCUT2D eigenvalue weighted by Crippen LogP contribution is -2.24. The molecule has 0 aliphatic rings. The van der Waals surface area contributed by atoms with E-state index < -0.39 is 0 Å². The van der Waals surface area contributed by atoms with E-state index in [1.165, 1.54) is 11.3 Å². The highest BCUT2D eigenvalue weighted by Crippen LogP contribution is 2.33. The Morgan fingerprint density at radius 1 is 1.65 bits per heavy atom. The van der Waals surface area contributed by atoms with Gasteiger partial charge in [-0.15, -0.1) is 11.3 Å². The average Bonchev–Trinajstić information content (AvgIpc) is 2.62. The summed E-state index contributed by atoms with van der Waals surface area (Å²) in [5, 5.41) is 11.6. The first-order valence-electron chi connectivity index (χ1n) is 4.93. The van der Waals surface area contributed by atoms with Crippen LogP contribution >= 0.6 is 43.2 Å². The highest BCUT2D eigenvalue weighted by atomic mass is 79.9. The van der Waals surface area contributed by atoms with Gasteiger partial charge in [-0.3, -0.25) is 4.79 Å². The molecule has 0 fully saturated rings. The third-order valence-electron chi connectivity index (χ3n) is 1.85. The molecule has 0 bridgehead atoms. The summed E-state index contributed by atoms with van der Waals surface area (Å²) in [6.45, 7) is 2.54. The summed E-state index contributed by atoms with van der Waals surface area (Å²) in [6.07, 6.45) is 2.44. The molecule has 1 rings (SSSR count). The van der Waals surface area contributed by atoms with Gasteiger partial charge >= 0.3 is 0 Å². The van der Waals surface area contributed by atoms with Gasteiger partial charge in [-0.2, -0.15) is 5.26 Å². The van der Waals surface area contributed by atoms with Gasteiger partial charge in [0.25, 0.3) is 5.91 Å². The Balaban J connectivity index is 2.87. The number of rotatable bonds is 4. The van der Waals surface area contributed by atoms with Crippen LogP contribution in [-0.2, 0) is 4.79 Å². The zero-order chi connectivity index (χ0) is 12.8. The fourth-order valence-electron chi connectivity index (χ4n) is 1.06. The quantitative estimate of drug-likeness (QED) is 0.642. The monoisotopic (exact) mass is 376 g/mol. The van der Waals surface area contributed by atoms with E-state index in [0.717, 1.165) is 19.6 Å². The Kier molecular flexibility index (Phi) is 5.89. The van der Waals surface area contributed by atoms with Crippen molar-refractivity contribution in [3.63, 3.8) is 0 Å². The van der Waals surface area contributed by atoms with Crippen LogP contribution in [0.25, 0.3) is 6.08 Å². The second-order valence-electron chi connectivity index (χ2n) is 3.20. The van der Waals surface area contributed by atoms with Crippen LogP contribution in [0.1, 0.15) is 18.2 Å². The molecular formula is C11H10Br2N2OS. The Hall–Kier alpha value is -0.640. The Labute approximate surface area is 121 Å². The van der Waals surface area contributed by atoms with Crippen LogP contribution in [-0.4, -0.2) is 12.5 Å². The van der Waals surface area contributed by atoms with E-state index in [0.29, 0.717) is 6.54 Å². The van der Waals surface area contributed by atoms with Gasteiger partial charge in [0, 0.05) is 15.9 Å².